The molecular formula is C14H12N2O4. The summed E-state index contributed by atoms with van der Waals surface area (Å²) in [5.41, 5.74) is 0.834. The molecule has 102 valence electrons. The largest absolute Gasteiger partial charge is 0.444 e. The van der Waals surface area contributed by atoms with Crippen molar-refractivity contribution in [3.8, 4) is 0 Å². The summed E-state index contributed by atoms with van der Waals surface area (Å²) >= 11 is 0. The van der Waals surface area contributed by atoms with Gasteiger partial charge in [0.05, 0.1) is 0 Å². The summed E-state index contributed by atoms with van der Waals surface area (Å²) < 4.78 is 5.11. The molecule has 6 heteroatoms. The van der Waals surface area contributed by atoms with Crippen molar-refractivity contribution in [1.29, 1.82) is 0 Å². The third-order valence-corrected chi connectivity index (χ3v) is 3.20. The van der Waals surface area contributed by atoms with E-state index in [9.17, 15) is 14.4 Å². The quantitative estimate of drug-likeness (QED) is 0.812. The molecule has 0 bridgehead atoms. The highest BCUT2D eigenvalue weighted by atomic mass is 16.6. The number of nitrogens with zero attached hydrogens (tertiary/aromatic N) is 2. The van der Waals surface area contributed by atoms with Gasteiger partial charge in [-0.2, -0.15) is 4.90 Å². The van der Waals surface area contributed by atoms with Crippen molar-refractivity contribution in [2.24, 2.45) is 0 Å². The minimum atomic E-state index is -0.748. The van der Waals surface area contributed by atoms with Crippen LogP contribution in [0.25, 0.3) is 0 Å². The SMILES string of the molecule is O=C1CC=C2N1CC(=O)N2C(=O)OCc1ccccc1. The van der Waals surface area contributed by atoms with E-state index < -0.39 is 12.0 Å². The second-order valence-corrected chi connectivity index (χ2v) is 4.52. The van der Waals surface area contributed by atoms with Crippen molar-refractivity contribution in [3.63, 3.8) is 0 Å². The second kappa shape index (κ2) is 4.80. The predicted octanol–water partition coefficient (Wildman–Crippen LogP) is 1.24. The maximum Gasteiger partial charge on any atom is 0.422 e. The van der Waals surface area contributed by atoms with Crippen molar-refractivity contribution in [1.82, 2.24) is 9.80 Å². The fraction of sp³-hybridized carbons (Fsp3) is 0.214. The van der Waals surface area contributed by atoms with Crippen LogP contribution in [0.5, 0.6) is 0 Å². The molecule has 0 spiro atoms. The number of fused-ring (bicyclic) bond motifs is 1. The van der Waals surface area contributed by atoms with Crippen LogP contribution in [0.15, 0.2) is 42.2 Å². The zero-order chi connectivity index (χ0) is 14.1. The van der Waals surface area contributed by atoms with Crippen LogP contribution in [0.1, 0.15) is 12.0 Å². The zero-order valence-corrected chi connectivity index (χ0v) is 10.6. The van der Waals surface area contributed by atoms with Gasteiger partial charge in [0.15, 0.2) is 0 Å². The average Bonchev–Trinajstić information content (AvgIpc) is 2.96. The van der Waals surface area contributed by atoms with Crippen LogP contribution >= 0.6 is 0 Å². The van der Waals surface area contributed by atoms with Gasteiger partial charge < -0.3 is 4.74 Å². The molecule has 1 saturated heterocycles. The molecule has 1 aromatic rings. The molecule has 2 aliphatic rings. The Bertz CT molecular complexity index is 609. The summed E-state index contributed by atoms with van der Waals surface area (Å²) in [4.78, 5) is 37.5. The van der Waals surface area contributed by atoms with Gasteiger partial charge in [-0.15, -0.1) is 0 Å². The number of benzene rings is 1. The number of carbonyl (C=O) groups is 3. The Morgan fingerprint density at radius 1 is 1.15 bits per heavy atom. The summed E-state index contributed by atoms with van der Waals surface area (Å²) in [6.07, 6.45) is 1.03. The summed E-state index contributed by atoms with van der Waals surface area (Å²) in [6, 6.07) is 9.18. The Kier molecular flexibility index (Phi) is 2.98. The highest BCUT2D eigenvalue weighted by Gasteiger charge is 2.43. The van der Waals surface area contributed by atoms with Crippen molar-refractivity contribution in [3.05, 3.63) is 47.8 Å². The minimum absolute atomic E-state index is 0.0880. The minimum Gasteiger partial charge on any atom is -0.444 e. The molecule has 0 unspecified atom stereocenters. The second-order valence-electron chi connectivity index (χ2n) is 4.52. The lowest BCUT2D eigenvalue weighted by atomic mass is 10.2. The Morgan fingerprint density at radius 3 is 2.65 bits per heavy atom. The van der Waals surface area contributed by atoms with Gasteiger partial charge in [-0.25, -0.2) is 4.79 Å². The van der Waals surface area contributed by atoms with Gasteiger partial charge in [0, 0.05) is 6.42 Å². The topological polar surface area (TPSA) is 66.9 Å². The fourth-order valence-corrected chi connectivity index (χ4v) is 2.22. The van der Waals surface area contributed by atoms with Gasteiger partial charge in [0.25, 0.3) is 5.91 Å². The molecule has 3 amide bonds. The lowest BCUT2D eigenvalue weighted by molar-refractivity contribution is -0.130. The van der Waals surface area contributed by atoms with E-state index in [2.05, 4.69) is 0 Å². The van der Waals surface area contributed by atoms with Crippen molar-refractivity contribution >= 4 is 17.9 Å². The van der Waals surface area contributed by atoms with Gasteiger partial charge in [-0.05, 0) is 11.6 Å². The molecule has 0 aliphatic carbocycles. The predicted molar refractivity (Wildman–Crippen MR) is 67.9 cm³/mol. The Balaban J connectivity index is 1.68. The first-order chi connectivity index (χ1) is 9.66. The van der Waals surface area contributed by atoms with Crippen LogP contribution in [0, 0.1) is 0 Å². The number of hydrogen-bond donors (Lipinski definition) is 0. The normalized spacial score (nSPS) is 17.3. The maximum atomic E-state index is 12.0. The molecule has 0 saturated carbocycles. The first-order valence-corrected chi connectivity index (χ1v) is 6.21. The van der Waals surface area contributed by atoms with E-state index in [1.54, 1.807) is 6.08 Å². The third-order valence-electron chi connectivity index (χ3n) is 3.20. The number of amides is 3. The number of carbonyl (C=O) groups excluding carboxylic acids is 3. The molecule has 2 heterocycles. The molecule has 1 aromatic carbocycles. The van der Waals surface area contributed by atoms with Gasteiger partial charge in [-0.1, -0.05) is 30.3 Å². The monoisotopic (exact) mass is 272 g/mol. The van der Waals surface area contributed by atoms with Crippen molar-refractivity contribution in [2.75, 3.05) is 6.54 Å². The van der Waals surface area contributed by atoms with E-state index >= 15 is 0 Å². The molecule has 0 radical (unpaired) electrons. The standard InChI is InChI=1S/C14H12N2O4/c17-12-7-6-11-15(12)8-13(18)16(11)14(19)20-9-10-4-2-1-3-5-10/h1-6H,7-9H2. The van der Waals surface area contributed by atoms with E-state index in [0.717, 1.165) is 10.5 Å². The Hall–Kier alpha value is -2.63. The number of hydrogen-bond acceptors (Lipinski definition) is 4. The first-order valence-electron chi connectivity index (χ1n) is 6.21. The van der Waals surface area contributed by atoms with E-state index in [-0.39, 0.29) is 25.5 Å². The van der Waals surface area contributed by atoms with E-state index in [1.165, 1.54) is 4.90 Å². The smallest absolute Gasteiger partial charge is 0.422 e. The highest BCUT2D eigenvalue weighted by molar-refractivity contribution is 6.02. The lowest BCUT2D eigenvalue weighted by Crippen LogP contribution is -2.32. The van der Waals surface area contributed by atoms with Crippen LogP contribution in [-0.4, -0.2) is 34.3 Å². The molecule has 20 heavy (non-hydrogen) atoms. The zero-order valence-electron chi connectivity index (χ0n) is 10.6. The summed E-state index contributed by atoms with van der Waals surface area (Å²) in [5.74, 6) is -0.299. The van der Waals surface area contributed by atoms with Crippen LogP contribution < -0.4 is 0 Å². The van der Waals surface area contributed by atoms with Gasteiger partial charge >= 0.3 is 6.09 Å². The molecule has 3 rings (SSSR count). The summed E-state index contributed by atoms with van der Waals surface area (Å²) in [5, 5.41) is 0. The summed E-state index contributed by atoms with van der Waals surface area (Å²) in [7, 11) is 0. The molecule has 2 aliphatic heterocycles. The Morgan fingerprint density at radius 2 is 1.90 bits per heavy atom. The van der Waals surface area contributed by atoms with Crippen LogP contribution in [0.3, 0.4) is 0 Å². The van der Waals surface area contributed by atoms with E-state index in [4.69, 9.17) is 4.74 Å². The highest BCUT2D eigenvalue weighted by Crippen LogP contribution is 2.27. The van der Waals surface area contributed by atoms with Crippen molar-refractivity contribution in [2.45, 2.75) is 13.0 Å². The molecule has 1 fully saturated rings. The number of rotatable bonds is 2. The molecule has 6 nitrogen and oxygen atoms in total. The number of imide groups is 1. The fourth-order valence-electron chi connectivity index (χ4n) is 2.22. The van der Waals surface area contributed by atoms with Gasteiger partial charge in [-0.3, -0.25) is 14.5 Å². The van der Waals surface area contributed by atoms with E-state index in [0.29, 0.717) is 5.82 Å². The molecule has 0 atom stereocenters. The Labute approximate surface area is 115 Å². The number of ether oxygens (including phenoxy) is 1. The molecule has 0 aromatic heterocycles. The molecular weight excluding hydrogens is 260 g/mol. The van der Waals surface area contributed by atoms with Gasteiger partial charge in [0.1, 0.15) is 19.0 Å². The van der Waals surface area contributed by atoms with Crippen LogP contribution in [0.4, 0.5) is 4.79 Å². The van der Waals surface area contributed by atoms with Crippen LogP contribution in [-0.2, 0) is 20.9 Å². The van der Waals surface area contributed by atoms with Gasteiger partial charge in [0.2, 0.25) is 5.91 Å². The first kappa shape index (κ1) is 12.4. The van der Waals surface area contributed by atoms with Crippen LogP contribution in [0.2, 0.25) is 0 Å². The third kappa shape index (κ3) is 2.05. The maximum absolute atomic E-state index is 12.0. The average molecular weight is 272 g/mol. The molecule has 0 N–H and O–H groups in total. The van der Waals surface area contributed by atoms with E-state index in [1.807, 2.05) is 30.3 Å². The summed E-state index contributed by atoms with van der Waals surface area (Å²) in [6.45, 7) is -0.00418. The lowest BCUT2D eigenvalue weighted by Gasteiger charge is -2.15. The van der Waals surface area contributed by atoms with Crippen molar-refractivity contribution < 1.29 is 19.1 Å².